The average molecular weight is 407 g/mol. The number of hydrogen-bond acceptors (Lipinski definition) is 3. The molecule has 0 amide bonds. The van der Waals surface area contributed by atoms with Crippen molar-refractivity contribution in [3.05, 3.63) is 50.4 Å². The second-order valence-electron chi connectivity index (χ2n) is 5.15. The van der Waals surface area contributed by atoms with Gasteiger partial charge < -0.3 is 5.32 Å². The summed E-state index contributed by atoms with van der Waals surface area (Å²) in [7, 11) is 0. The van der Waals surface area contributed by atoms with Crippen LogP contribution in [0.1, 0.15) is 10.4 Å². The molecular weight excluding hydrogens is 393 g/mol. The predicted molar refractivity (Wildman–Crippen MR) is 96.5 cm³/mol. The molecule has 3 aromatic rings. The normalized spacial score (nSPS) is 13.2. The van der Waals surface area contributed by atoms with Crippen molar-refractivity contribution in [2.75, 3.05) is 11.9 Å². The SMILES string of the molecule is Cc1ccc(-c2nn(-c3ccc(I)cc3)c3c2CCN3)s1. The van der Waals surface area contributed by atoms with Gasteiger partial charge in [0.1, 0.15) is 11.5 Å². The monoisotopic (exact) mass is 407 g/mol. The van der Waals surface area contributed by atoms with E-state index in [-0.39, 0.29) is 0 Å². The molecule has 0 fully saturated rings. The van der Waals surface area contributed by atoms with Crippen LogP contribution in [0.25, 0.3) is 16.3 Å². The highest BCUT2D eigenvalue weighted by atomic mass is 127. The van der Waals surface area contributed by atoms with E-state index in [1.54, 1.807) is 0 Å². The molecule has 21 heavy (non-hydrogen) atoms. The Hall–Kier alpha value is -1.34. The van der Waals surface area contributed by atoms with E-state index in [0.717, 1.165) is 30.2 Å². The molecule has 0 aliphatic carbocycles. The molecule has 0 atom stereocenters. The Bertz CT molecular complexity index is 802. The Labute approximate surface area is 141 Å². The van der Waals surface area contributed by atoms with Crippen LogP contribution in [-0.4, -0.2) is 16.3 Å². The minimum Gasteiger partial charge on any atom is -0.369 e. The predicted octanol–water partition coefficient (Wildman–Crippen LogP) is 4.48. The zero-order valence-corrected chi connectivity index (χ0v) is 14.5. The van der Waals surface area contributed by atoms with Gasteiger partial charge in [-0.1, -0.05) is 0 Å². The van der Waals surface area contributed by atoms with E-state index in [9.17, 15) is 0 Å². The van der Waals surface area contributed by atoms with Crippen LogP contribution < -0.4 is 5.32 Å². The summed E-state index contributed by atoms with van der Waals surface area (Å²) in [4.78, 5) is 2.59. The van der Waals surface area contributed by atoms with E-state index in [1.165, 1.54) is 18.9 Å². The quantitative estimate of drug-likeness (QED) is 0.635. The first-order valence-corrected chi connectivity index (χ1v) is 8.80. The molecule has 1 aliphatic heterocycles. The van der Waals surface area contributed by atoms with Crippen LogP contribution in [0.2, 0.25) is 0 Å². The van der Waals surface area contributed by atoms with Crippen molar-refractivity contribution in [2.45, 2.75) is 13.3 Å². The van der Waals surface area contributed by atoms with Crippen LogP contribution >= 0.6 is 33.9 Å². The van der Waals surface area contributed by atoms with Gasteiger partial charge in [0.15, 0.2) is 0 Å². The zero-order chi connectivity index (χ0) is 14.4. The molecule has 1 N–H and O–H groups in total. The summed E-state index contributed by atoms with van der Waals surface area (Å²) in [6, 6.07) is 12.8. The molecule has 0 bridgehead atoms. The van der Waals surface area contributed by atoms with Gasteiger partial charge in [0, 0.05) is 20.6 Å². The molecule has 4 rings (SSSR count). The molecule has 5 heteroatoms. The van der Waals surface area contributed by atoms with Gasteiger partial charge in [-0.25, -0.2) is 4.68 Å². The second kappa shape index (κ2) is 5.14. The minimum absolute atomic E-state index is 0.995. The third-order valence-electron chi connectivity index (χ3n) is 3.70. The number of hydrogen-bond donors (Lipinski definition) is 1. The van der Waals surface area contributed by atoms with E-state index < -0.39 is 0 Å². The van der Waals surface area contributed by atoms with Gasteiger partial charge in [-0.3, -0.25) is 0 Å². The highest BCUT2D eigenvalue weighted by molar-refractivity contribution is 14.1. The maximum Gasteiger partial charge on any atom is 0.133 e. The van der Waals surface area contributed by atoms with Crippen LogP contribution in [0, 0.1) is 10.5 Å². The first-order chi connectivity index (χ1) is 10.2. The summed E-state index contributed by atoms with van der Waals surface area (Å²) < 4.78 is 3.28. The first kappa shape index (κ1) is 13.3. The fourth-order valence-corrected chi connectivity index (χ4v) is 3.94. The van der Waals surface area contributed by atoms with Crippen molar-refractivity contribution in [2.24, 2.45) is 0 Å². The molecule has 1 aromatic carbocycles. The van der Waals surface area contributed by atoms with E-state index in [1.807, 2.05) is 16.0 Å². The molecule has 3 heterocycles. The Morgan fingerprint density at radius 2 is 2.00 bits per heavy atom. The number of thiophene rings is 1. The molecule has 0 spiro atoms. The lowest BCUT2D eigenvalue weighted by atomic mass is 10.2. The number of nitrogens with zero attached hydrogens (tertiary/aromatic N) is 2. The van der Waals surface area contributed by atoms with Gasteiger partial charge in [0.2, 0.25) is 0 Å². The number of benzene rings is 1. The van der Waals surface area contributed by atoms with Crippen molar-refractivity contribution in [1.82, 2.24) is 9.78 Å². The molecule has 2 aromatic heterocycles. The number of rotatable bonds is 2. The number of aryl methyl sites for hydroxylation is 1. The Morgan fingerprint density at radius 1 is 1.19 bits per heavy atom. The molecule has 0 saturated carbocycles. The zero-order valence-electron chi connectivity index (χ0n) is 11.6. The number of nitrogens with one attached hydrogen (secondary N) is 1. The number of aromatic nitrogens is 2. The van der Waals surface area contributed by atoms with E-state index in [0.29, 0.717) is 0 Å². The maximum absolute atomic E-state index is 4.88. The standard InChI is InChI=1S/C16H14IN3S/c1-10-2-7-14(21-10)15-13-8-9-18-16(13)20(19-15)12-5-3-11(17)4-6-12/h2-7,18H,8-9H2,1H3. The van der Waals surface area contributed by atoms with Crippen molar-refractivity contribution < 1.29 is 0 Å². The summed E-state index contributed by atoms with van der Waals surface area (Å²) in [5.74, 6) is 1.15. The highest BCUT2D eigenvalue weighted by Gasteiger charge is 2.24. The molecule has 0 unspecified atom stereocenters. The Morgan fingerprint density at radius 3 is 2.71 bits per heavy atom. The van der Waals surface area contributed by atoms with E-state index in [2.05, 4.69) is 71.2 Å². The lowest BCUT2D eigenvalue weighted by Gasteiger charge is -2.06. The van der Waals surface area contributed by atoms with Gasteiger partial charge in [0.05, 0.1) is 10.6 Å². The summed E-state index contributed by atoms with van der Waals surface area (Å²) >= 11 is 4.14. The Kier molecular flexibility index (Phi) is 3.26. The van der Waals surface area contributed by atoms with Crippen molar-refractivity contribution >= 4 is 39.7 Å². The lowest BCUT2D eigenvalue weighted by Crippen LogP contribution is -2.04. The molecular formula is C16H14IN3S. The number of halogens is 1. The fourth-order valence-electron chi connectivity index (χ4n) is 2.70. The fraction of sp³-hybridized carbons (Fsp3) is 0.188. The average Bonchev–Trinajstić information content (AvgIpc) is 3.15. The van der Waals surface area contributed by atoms with Crippen molar-refractivity contribution in [3.63, 3.8) is 0 Å². The van der Waals surface area contributed by atoms with Gasteiger partial charge >= 0.3 is 0 Å². The smallest absolute Gasteiger partial charge is 0.133 e. The van der Waals surface area contributed by atoms with E-state index in [4.69, 9.17) is 5.10 Å². The summed E-state index contributed by atoms with van der Waals surface area (Å²) in [5, 5.41) is 8.36. The van der Waals surface area contributed by atoms with Gasteiger partial charge in [-0.15, -0.1) is 11.3 Å². The van der Waals surface area contributed by atoms with Crippen LogP contribution in [0.15, 0.2) is 36.4 Å². The van der Waals surface area contributed by atoms with Crippen LogP contribution in [-0.2, 0) is 6.42 Å². The second-order valence-corrected chi connectivity index (χ2v) is 7.68. The first-order valence-electron chi connectivity index (χ1n) is 6.91. The van der Waals surface area contributed by atoms with Gasteiger partial charge in [0.25, 0.3) is 0 Å². The minimum atomic E-state index is 0.995. The lowest BCUT2D eigenvalue weighted by molar-refractivity contribution is 0.883. The van der Waals surface area contributed by atoms with Gasteiger partial charge in [-0.05, 0) is 72.3 Å². The molecule has 0 radical (unpaired) electrons. The van der Waals surface area contributed by atoms with Gasteiger partial charge in [-0.2, -0.15) is 5.10 Å². The van der Waals surface area contributed by atoms with E-state index >= 15 is 0 Å². The van der Waals surface area contributed by atoms with Crippen LogP contribution in [0.5, 0.6) is 0 Å². The molecule has 1 aliphatic rings. The number of anilines is 1. The summed E-state index contributed by atoms with van der Waals surface area (Å²) in [5.41, 5.74) is 3.59. The summed E-state index contributed by atoms with van der Waals surface area (Å²) in [6.07, 6.45) is 1.05. The Balaban J connectivity index is 1.88. The molecule has 106 valence electrons. The highest BCUT2D eigenvalue weighted by Crippen LogP contribution is 2.37. The van der Waals surface area contributed by atoms with Crippen LogP contribution in [0.4, 0.5) is 5.82 Å². The maximum atomic E-state index is 4.88. The third-order valence-corrected chi connectivity index (χ3v) is 5.42. The number of fused-ring (bicyclic) bond motifs is 1. The summed E-state index contributed by atoms with van der Waals surface area (Å²) in [6.45, 7) is 3.14. The van der Waals surface area contributed by atoms with Crippen LogP contribution in [0.3, 0.4) is 0 Å². The third kappa shape index (κ3) is 2.28. The molecule has 3 nitrogen and oxygen atoms in total. The molecule has 0 saturated heterocycles. The van der Waals surface area contributed by atoms with Crippen molar-refractivity contribution in [3.8, 4) is 16.3 Å². The largest absolute Gasteiger partial charge is 0.369 e. The van der Waals surface area contributed by atoms with Crippen molar-refractivity contribution in [1.29, 1.82) is 0 Å². The topological polar surface area (TPSA) is 29.9 Å².